The summed E-state index contributed by atoms with van der Waals surface area (Å²) in [6.07, 6.45) is 0. The molecular formula is C11H12BrN3O. The number of anilines is 1. The lowest BCUT2D eigenvalue weighted by molar-refractivity contribution is 0.867. The zero-order valence-electron chi connectivity index (χ0n) is 8.83. The summed E-state index contributed by atoms with van der Waals surface area (Å²) >= 11 is 3.43. The number of hydrogen-bond acceptors (Lipinski definition) is 2. The summed E-state index contributed by atoms with van der Waals surface area (Å²) in [6, 6.07) is 9.58. The highest BCUT2D eigenvalue weighted by Gasteiger charge is 2.03. The molecule has 0 amide bonds. The molecule has 0 fully saturated rings. The minimum atomic E-state index is -0.0994. The highest BCUT2D eigenvalue weighted by Crippen LogP contribution is 2.19. The van der Waals surface area contributed by atoms with E-state index in [0.717, 1.165) is 15.9 Å². The molecule has 5 heteroatoms. The minimum Gasteiger partial charge on any atom is -0.369 e. The molecule has 0 saturated heterocycles. The Morgan fingerprint density at radius 3 is 2.75 bits per heavy atom. The third-order valence-electron chi connectivity index (χ3n) is 2.31. The number of hydrogen-bond donors (Lipinski definition) is 2. The molecule has 0 radical (unpaired) electrons. The fourth-order valence-corrected chi connectivity index (χ4v) is 1.90. The Morgan fingerprint density at radius 2 is 2.12 bits per heavy atom. The van der Waals surface area contributed by atoms with Gasteiger partial charge in [-0.3, -0.25) is 9.89 Å². The summed E-state index contributed by atoms with van der Waals surface area (Å²) in [7, 11) is 1.98. The second-order valence-electron chi connectivity index (χ2n) is 3.62. The van der Waals surface area contributed by atoms with Crippen molar-refractivity contribution in [2.75, 3.05) is 11.9 Å². The molecule has 1 heterocycles. The van der Waals surface area contributed by atoms with E-state index in [-0.39, 0.29) is 5.56 Å². The Morgan fingerprint density at radius 1 is 1.31 bits per heavy atom. The molecule has 1 aromatic heterocycles. The minimum absolute atomic E-state index is 0.0994. The lowest BCUT2D eigenvalue weighted by atomic mass is 10.3. The number of nitrogens with zero attached hydrogens (tertiary/aromatic N) is 1. The predicted octanol–water partition coefficient (Wildman–Crippen LogP) is 2.10. The average molecular weight is 282 g/mol. The van der Waals surface area contributed by atoms with Crippen LogP contribution in [0.15, 0.2) is 39.6 Å². The molecular weight excluding hydrogens is 270 g/mol. The number of rotatable bonds is 3. The topological polar surface area (TPSA) is 51.9 Å². The molecule has 0 aliphatic heterocycles. The van der Waals surface area contributed by atoms with Gasteiger partial charge in [0.2, 0.25) is 0 Å². The van der Waals surface area contributed by atoms with Crippen LogP contribution in [0.5, 0.6) is 0 Å². The van der Waals surface area contributed by atoms with Crippen molar-refractivity contribution >= 4 is 21.6 Å². The van der Waals surface area contributed by atoms with E-state index >= 15 is 0 Å². The van der Waals surface area contributed by atoms with Crippen LogP contribution in [-0.2, 0) is 6.54 Å². The molecule has 4 nitrogen and oxygen atoms in total. The van der Waals surface area contributed by atoms with Crippen LogP contribution in [0.3, 0.4) is 0 Å². The van der Waals surface area contributed by atoms with Crippen LogP contribution in [0.4, 0.5) is 5.69 Å². The van der Waals surface area contributed by atoms with Crippen molar-refractivity contribution in [1.82, 2.24) is 10.2 Å². The van der Waals surface area contributed by atoms with Crippen LogP contribution < -0.4 is 10.5 Å². The van der Waals surface area contributed by atoms with Gasteiger partial charge < -0.3 is 10.00 Å². The van der Waals surface area contributed by atoms with Gasteiger partial charge in [0.15, 0.2) is 0 Å². The summed E-state index contributed by atoms with van der Waals surface area (Å²) in [4.78, 5) is 13.0. The van der Waals surface area contributed by atoms with Gasteiger partial charge in [-0.05, 0) is 18.2 Å². The maximum absolute atomic E-state index is 10.9. The van der Waals surface area contributed by atoms with Gasteiger partial charge in [0.05, 0.1) is 12.2 Å². The normalized spacial score (nSPS) is 10.4. The van der Waals surface area contributed by atoms with Crippen molar-refractivity contribution in [2.45, 2.75) is 6.54 Å². The van der Waals surface area contributed by atoms with Crippen LogP contribution in [0.25, 0.3) is 0 Å². The molecule has 2 rings (SSSR count). The quantitative estimate of drug-likeness (QED) is 0.905. The first-order valence-electron chi connectivity index (χ1n) is 4.88. The summed E-state index contributed by atoms with van der Waals surface area (Å²) in [6.45, 7) is 0.662. The number of aromatic nitrogens is 2. The van der Waals surface area contributed by atoms with Gasteiger partial charge in [0, 0.05) is 23.3 Å². The zero-order valence-corrected chi connectivity index (χ0v) is 10.4. The van der Waals surface area contributed by atoms with Crippen LogP contribution in [0.2, 0.25) is 0 Å². The first kappa shape index (κ1) is 11.0. The van der Waals surface area contributed by atoms with E-state index in [4.69, 9.17) is 0 Å². The van der Waals surface area contributed by atoms with Gasteiger partial charge >= 0.3 is 0 Å². The number of H-pyrrole nitrogens is 2. The first-order valence-corrected chi connectivity index (χ1v) is 5.68. The van der Waals surface area contributed by atoms with Crippen molar-refractivity contribution in [3.05, 3.63) is 50.9 Å². The van der Waals surface area contributed by atoms with Crippen LogP contribution in [0.1, 0.15) is 5.69 Å². The Hall–Kier alpha value is -1.49. The number of aromatic amines is 2. The van der Waals surface area contributed by atoms with Crippen LogP contribution >= 0.6 is 15.9 Å². The molecule has 2 aromatic rings. The lowest BCUT2D eigenvalue weighted by Crippen LogP contribution is -2.16. The molecule has 0 aliphatic rings. The molecule has 0 atom stereocenters. The molecule has 0 bridgehead atoms. The van der Waals surface area contributed by atoms with E-state index in [9.17, 15) is 4.79 Å². The van der Waals surface area contributed by atoms with Crippen LogP contribution in [0, 0.1) is 0 Å². The third-order valence-corrected chi connectivity index (χ3v) is 2.80. The zero-order chi connectivity index (χ0) is 11.5. The smallest absolute Gasteiger partial charge is 0.264 e. The highest BCUT2D eigenvalue weighted by atomic mass is 79.9. The molecule has 16 heavy (non-hydrogen) atoms. The maximum Gasteiger partial charge on any atom is 0.264 e. The van der Waals surface area contributed by atoms with Crippen molar-refractivity contribution in [2.24, 2.45) is 0 Å². The molecule has 2 N–H and O–H groups in total. The Balaban J connectivity index is 2.14. The monoisotopic (exact) mass is 281 g/mol. The van der Waals surface area contributed by atoms with Crippen molar-refractivity contribution in [1.29, 1.82) is 0 Å². The van der Waals surface area contributed by atoms with E-state index in [2.05, 4.69) is 31.0 Å². The van der Waals surface area contributed by atoms with Gasteiger partial charge in [-0.2, -0.15) is 0 Å². The fraction of sp³-hybridized carbons (Fsp3) is 0.182. The van der Waals surface area contributed by atoms with Crippen molar-refractivity contribution in [3.8, 4) is 0 Å². The summed E-state index contributed by atoms with van der Waals surface area (Å²) in [5.74, 6) is 0. The SMILES string of the molecule is CN(Cc1cc(=O)[nH][nH]1)c1cccc(Br)c1. The standard InChI is InChI=1S/C11H12BrN3O/c1-15(7-9-6-11(16)14-13-9)10-4-2-3-8(12)5-10/h2-6H,7H2,1H3,(H2,13,14,16). The van der Waals surface area contributed by atoms with E-state index in [0.29, 0.717) is 6.54 Å². The number of nitrogens with one attached hydrogen (secondary N) is 2. The molecule has 0 aliphatic carbocycles. The highest BCUT2D eigenvalue weighted by molar-refractivity contribution is 9.10. The Kier molecular flexibility index (Phi) is 3.14. The summed E-state index contributed by atoms with van der Waals surface area (Å²) in [5.41, 5.74) is 1.86. The van der Waals surface area contributed by atoms with Gasteiger partial charge in [-0.25, -0.2) is 0 Å². The van der Waals surface area contributed by atoms with E-state index in [1.54, 1.807) is 6.07 Å². The molecule has 84 valence electrons. The van der Waals surface area contributed by atoms with Gasteiger partial charge in [0.1, 0.15) is 0 Å². The number of halogens is 1. The summed E-state index contributed by atoms with van der Waals surface area (Å²) < 4.78 is 1.04. The Bertz CT molecular complexity index is 532. The first-order chi connectivity index (χ1) is 7.65. The van der Waals surface area contributed by atoms with E-state index in [1.807, 2.05) is 31.3 Å². The molecule has 0 unspecified atom stereocenters. The van der Waals surface area contributed by atoms with Gasteiger partial charge in [-0.15, -0.1) is 0 Å². The summed E-state index contributed by atoms with van der Waals surface area (Å²) in [5, 5.41) is 5.35. The Labute approximate surface area is 101 Å². The largest absolute Gasteiger partial charge is 0.369 e. The molecule has 0 spiro atoms. The molecule has 1 aromatic carbocycles. The van der Waals surface area contributed by atoms with Gasteiger partial charge in [-0.1, -0.05) is 22.0 Å². The number of benzene rings is 1. The maximum atomic E-state index is 10.9. The third kappa shape index (κ3) is 2.55. The van der Waals surface area contributed by atoms with E-state index < -0.39 is 0 Å². The lowest BCUT2D eigenvalue weighted by Gasteiger charge is -2.18. The van der Waals surface area contributed by atoms with Crippen molar-refractivity contribution < 1.29 is 0 Å². The van der Waals surface area contributed by atoms with Gasteiger partial charge in [0.25, 0.3) is 5.56 Å². The van der Waals surface area contributed by atoms with Crippen LogP contribution in [-0.4, -0.2) is 17.2 Å². The van der Waals surface area contributed by atoms with E-state index in [1.165, 1.54) is 0 Å². The second kappa shape index (κ2) is 4.57. The molecule has 0 saturated carbocycles. The average Bonchev–Trinajstić information content (AvgIpc) is 2.64. The fourth-order valence-electron chi connectivity index (χ4n) is 1.52. The predicted molar refractivity (Wildman–Crippen MR) is 67.7 cm³/mol. The second-order valence-corrected chi connectivity index (χ2v) is 4.54. The van der Waals surface area contributed by atoms with Crippen molar-refractivity contribution in [3.63, 3.8) is 0 Å².